The molecule has 1 heterocycles. The Kier molecular flexibility index (Phi) is 4.15. The lowest BCUT2D eigenvalue weighted by molar-refractivity contribution is 0.626. The standard InChI is InChI=1S/C11H5Cl3FNS/c12-8-5-9(13)11(16-10(8)14)17-7-3-1-6(15)2-4-7/h1-5H. The Labute approximate surface area is 117 Å². The van der Waals surface area contributed by atoms with E-state index < -0.39 is 0 Å². The van der Waals surface area contributed by atoms with Crippen LogP contribution < -0.4 is 0 Å². The molecule has 0 aliphatic carbocycles. The van der Waals surface area contributed by atoms with Gasteiger partial charge in [0.15, 0.2) is 0 Å². The largest absolute Gasteiger partial charge is 0.226 e. The van der Waals surface area contributed by atoms with Gasteiger partial charge in [-0.2, -0.15) is 0 Å². The van der Waals surface area contributed by atoms with Crippen molar-refractivity contribution in [3.05, 3.63) is 51.3 Å². The first kappa shape index (κ1) is 13.0. The number of benzene rings is 1. The second-order valence-corrected chi connectivity index (χ2v) is 5.34. The lowest BCUT2D eigenvalue weighted by atomic mass is 10.4. The molecule has 0 bridgehead atoms. The number of hydrogen-bond donors (Lipinski definition) is 0. The van der Waals surface area contributed by atoms with E-state index in [1.54, 1.807) is 12.1 Å². The van der Waals surface area contributed by atoms with Crippen LogP contribution in [0.4, 0.5) is 4.39 Å². The van der Waals surface area contributed by atoms with Gasteiger partial charge in [-0.3, -0.25) is 0 Å². The van der Waals surface area contributed by atoms with Gasteiger partial charge in [-0.05, 0) is 30.3 Å². The Hall–Kier alpha value is -0.480. The molecule has 0 amide bonds. The molecule has 0 spiro atoms. The van der Waals surface area contributed by atoms with Crippen LogP contribution in [0.1, 0.15) is 0 Å². The third kappa shape index (κ3) is 3.26. The van der Waals surface area contributed by atoms with Crippen molar-refractivity contribution in [2.45, 2.75) is 9.92 Å². The van der Waals surface area contributed by atoms with Gasteiger partial charge < -0.3 is 0 Å². The Morgan fingerprint density at radius 1 is 1.00 bits per heavy atom. The van der Waals surface area contributed by atoms with E-state index in [0.717, 1.165) is 4.90 Å². The summed E-state index contributed by atoms with van der Waals surface area (Å²) in [7, 11) is 0. The molecule has 0 saturated heterocycles. The fourth-order valence-corrected chi connectivity index (χ4v) is 2.57. The molecule has 1 aromatic carbocycles. The molecule has 2 aromatic rings. The average Bonchev–Trinajstić information content (AvgIpc) is 2.29. The van der Waals surface area contributed by atoms with Crippen LogP contribution >= 0.6 is 46.6 Å². The molecule has 0 fully saturated rings. The molecule has 0 N–H and O–H groups in total. The Morgan fingerprint density at radius 2 is 1.65 bits per heavy atom. The first-order chi connectivity index (χ1) is 8.06. The number of nitrogens with zero attached hydrogens (tertiary/aromatic N) is 1. The van der Waals surface area contributed by atoms with E-state index in [0.29, 0.717) is 15.1 Å². The summed E-state index contributed by atoms with van der Waals surface area (Å²) in [6, 6.07) is 7.55. The quantitative estimate of drug-likeness (QED) is 0.695. The van der Waals surface area contributed by atoms with E-state index in [-0.39, 0.29) is 11.0 Å². The predicted octanol–water partition coefficient (Wildman–Crippen LogP) is 5.33. The number of halogens is 4. The van der Waals surface area contributed by atoms with Crippen LogP contribution in [0.3, 0.4) is 0 Å². The van der Waals surface area contributed by atoms with E-state index in [4.69, 9.17) is 34.8 Å². The van der Waals surface area contributed by atoms with Crippen LogP contribution in [0.25, 0.3) is 0 Å². The maximum atomic E-state index is 12.7. The lowest BCUT2D eigenvalue weighted by Gasteiger charge is -2.04. The van der Waals surface area contributed by atoms with Crippen molar-refractivity contribution in [2.75, 3.05) is 0 Å². The summed E-state index contributed by atoms with van der Waals surface area (Å²) >= 11 is 18.8. The summed E-state index contributed by atoms with van der Waals surface area (Å²) in [5.41, 5.74) is 0. The SMILES string of the molecule is Fc1ccc(Sc2nc(Cl)c(Cl)cc2Cl)cc1. The van der Waals surface area contributed by atoms with Crippen molar-refractivity contribution < 1.29 is 4.39 Å². The third-order valence-corrected chi connectivity index (χ3v) is 3.97. The second-order valence-electron chi connectivity index (χ2n) is 3.10. The summed E-state index contributed by atoms with van der Waals surface area (Å²) in [5.74, 6) is -0.289. The zero-order chi connectivity index (χ0) is 12.4. The van der Waals surface area contributed by atoms with Gasteiger partial charge in [0, 0.05) is 4.90 Å². The summed E-state index contributed by atoms with van der Waals surface area (Å²) < 4.78 is 12.7. The molecule has 0 saturated carbocycles. The van der Waals surface area contributed by atoms with Gasteiger partial charge in [-0.15, -0.1) is 0 Å². The fourth-order valence-electron chi connectivity index (χ4n) is 1.11. The Morgan fingerprint density at radius 3 is 2.29 bits per heavy atom. The van der Waals surface area contributed by atoms with E-state index in [1.807, 2.05) is 0 Å². The molecule has 2 rings (SSSR count). The zero-order valence-electron chi connectivity index (χ0n) is 8.25. The van der Waals surface area contributed by atoms with Crippen molar-refractivity contribution in [3.63, 3.8) is 0 Å². The summed E-state index contributed by atoms with van der Waals surface area (Å²) in [4.78, 5) is 4.88. The maximum Gasteiger partial charge on any atom is 0.149 e. The van der Waals surface area contributed by atoms with Gasteiger partial charge in [0.25, 0.3) is 0 Å². The van der Waals surface area contributed by atoms with Gasteiger partial charge in [-0.25, -0.2) is 9.37 Å². The highest BCUT2D eigenvalue weighted by atomic mass is 35.5. The van der Waals surface area contributed by atoms with Crippen LogP contribution in [-0.2, 0) is 0 Å². The minimum absolute atomic E-state index is 0.195. The van der Waals surface area contributed by atoms with Crippen LogP contribution in [0.5, 0.6) is 0 Å². The van der Waals surface area contributed by atoms with Crippen molar-refractivity contribution in [2.24, 2.45) is 0 Å². The van der Waals surface area contributed by atoms with E-state index in [1.165, 1.54) is 30.0 Å². The minimum atomic E-state index is -0.289. The van der Waals surface area contributed by atoms with Gasteiger partial charge in [0.2, 0.25) is 0 Å². The second kappa shape index (κ2) is 5.44. The van der Waals surface area contributed by atoms with Crippen molar-refractivity contribution in [1.29, 1.82) is 0 Å². The minimum Gasteiger partial charge on any atom is -0.226 e. The lowest BCUT2D eigenvalue weighted by Crippen LogP contribution is -1.84. The highest BCUT2D eigenvalue weighted by Crippen LogP contribution is 2.35. The zero-order valence-corrected chi connectivity index (χ0v) is 11.3. The molecule has 0 radical (unpaired) electrons. The molecule has 1 aromatic heterocycles. The van der Waals surface area contributed by atoms with Crippen molar-refractivity contribution in [3.8, 4) is 0 Å². The topological polar surface area (TPSA) is 12.9 Å². The van der Waals surface area contributed by atoms with Crippen LogP contribution in [0.2, 0.25) is 15.2 Å². The van der Waals surface area contributed by atoms with Gasteiger partial charge >= 0.3 is 0 Å². The van der Waals surface area contributed by atoms with Crippen LogP contribution in [0, 0.1) is 5.82 Å². The van der Waals surface area contributed by atoms with Gasteiger partial charge in [0.1, 0.15) is 16.0 Å². The number of rotatable bonds is 2. The van der Waals surface area contributed by atoms with E-state index in [9.17, 15) is 4.39 Å². The molecule has 17 heavy (non-hydrogen) atoms. The van der Waals surface area contributed by atoms with Crippen LogP contribution in [-0.4, -0.2) is 4.98 Å². The van der Waals surface area contributed by atoms with Crippen molar-refractivity contribution >= 4 is 46.6 Å². The molecule has 1 nitrogen and oxygen atoms in total. The molecule has 6 heteroatoms. The molecule has 0 atom stereocenters. The molecular formula is C11H5Cl3FNS. The number of aromatic nitrogens is 1. The summed E-state index contributed by atoms with van der Waals surface area (Å²) in [5, 5.41) is 1.45. The molecule has 0 aliphatic rings. The van der Waals surface area contributed by atoms with E-state index >= 15 is 0 Å². The van der Waals surface area contributed by atoms with Gasteiger partial charge in [-0.1, -0.05) is 46.6 Å². The summed E-state index contributed by atoms with van der Waals surface area (Å²) in [6.07, 6.45) is 0. The number of pyridine rings is 1. The smallest absolute Gasteiger partial charge is 0.149 e. The first-order valence-corrected chi connectivity index (χ1v) is 6.46. The molecule has 0 unspecified atom stereocenters. The van der Waals surface area contributed by atoms with E-state index in [2.05, 4.69) is 4.98 Å². The number of hydrogen-bond acceptors (Lipinski definition) is 2. The first-order valence-electron chi connectivity index (χ1n) is 4.51. The average molecular weight is 309 g/mol. The highest BCUT2D eigenvalue weighted by molar-refractivity contribution is 7.99. The molecule has 0 aliphatic heterocycles. The van der Waals surface area contributed by atoms with Crippen LogP contribution in [0.15, 0.2) is 40.3 Å². The molecular weight excluding hydrogens is 304 g/mol. The third-order valence-electron chi connectivity index (χ3n) is 1.88. The maximum absolute atomic E-state index is 12.7. The normalized spacial score (nSPS) is 10.6. The summed E-state index contributed by atoms with van der Waals surface area (Å²) in [6.45, 7) is 0. The monoisotopic (exact) mass is 307 g/mol. The Balaban J connectivity index is 2.30. The molecule has 88 valence electrons. The fraction of sp³-hybridized carbons (Fsp3) is 0. The predicted molar refractivity (Wildman–Crippen MR) is 69.8 cm³/mol. The highest BCUT2D eigenvalue weighted by Gasteiger charge is 2.09. The van der Waals surface area contributed by atoms with Crippen molar-refractivity contribution in [1.82, 2.24) is 4.98 Å². The van der Waals surface area contributed by atoms with Gasteiger partial charge in [0.05, 0.1) is 10.0 Å². The Bertz CT molecular complexity index is 545.